The number of phenolic OH excluding ortho intramolecular Hbond substituents is 1. The van der Waals surface area contributed by atoms with Gasteiger partial charge < -0.3 is 9.84 Å². The fraction of sp³-hybridized carbons (Fsp3) is 0.694. The van der Waals surface area contributed by atoms with Gasteiger partial charge in [-0.2, -0.15) is 0 Å². The zero-order valence-electron chi connectivity index (χ0n) is 25.1. The third-order valence-electron chi connectivity index (χ3n) is 11.9. The van der Waals surface area contributed by atoms with Crippen LogP contribution in [-0.2, 0) is 9.53 Å². The molecule has 3 nitrogen and oxygen atoms in total. The number of fused-ring (bicyclic) bond motifs is 5. The molecule has 39 heavy (non-hydrogen) atoms. The highest BCUT2D eigenvalue weighted by atomic mass is 16.5. The lowest BCUT2D eigenvalue weighted by atomic mass is 9.47. The van der Waals surface area contributed by atoms with Crippen molar-refractivity contribution in [1.29, 1.82) is 0 Å². The van der Waals surface area contributed by atoms with Gasteiger partial charge in [0.15, 0.2) is 0 Å². The van der Waals surface area contributed by atoms with Crippen molar-refractivity contribution in [2.24, 2.45) is 46.3 Å². The number of carbonyl (C=O) groups excluding carboxylic acids is 1. The average molecular weight is 533 g/mol. The summed E-state index contributed by atoms with van der Waals surface area (Å²) < 4.78 is 5.91. The molecule has 8 atom stereocenters. The second-order valence-corrected chi connectivity index (χ2v) is 14.5. The Hall–Kier alpha value is -2.03. The third-order valence-corrected chi connectivity index (χ3v) is 11.9. The van der Waals surface area contributed by atoms with Crippen LogP contribution in [-0.4, -0.2) is 17.2 Å². The van der Waals surface area contributed by atoms with E-state index in [1.54, 1.807) is 29.8 Å². The van der Waals surface area contributed by atoms with E-state index < -0.39 is 0 Å². The number of rotatable bonds is 8. The van der Waals surface area contributed by atoms with Gasteiger partial charge in [-0.1, -0.05) is 83.7 Å². The first-order valence-electron chi connectivity index (χ1n) is 16.0. The van der Waals surface area contributed by atoms with Gasteiger partial charge in [0.05, 0.1) is 0 Å². The third kappa shape index (κ3) is 5.62. The second kappa shape index (κ2) is 11.5. The summed E-state index contributed by atoms with van der Waals surface area (Å²) >= 11 is 0. The molecule has 1 N–H and O–H groups in total. The quantitative estimate of drug-likeness (QED) is 0.206. The van der Waals surface area contributed by atoms with Crippen LogP contribution in [0.15, 0.2) is 42.0 Å². The summed E-state index contributed by atoms with van der Waals surface area (Å²) in [5.41, 5.74) is 2.97. The highest BCUT2D eigenvalue weighted by Crippen LogP contribution is 2.67. The van der Waals surface area contributed by atoms with Crippen molar-refractivity contribution in [2.45, 2.75) is 111 Å². The highest BCUT2D eigenvalue weighted by Gasteiger charge is 2.59. The Labute approximate surface area is 237 Å². The van der Waals surface area contributed by atoms with Crippen LogP contribution in [0.3, 0.4) is 0 Å². The summed E-state index contributed by atoms with van der Waals surface area (Å²) in [5.74, 6) is 4.92. The van der Waals surface area contributed by atoms with E-state index in [-0.39, 0.29) is 23.2 Å². The summed E-state index contributed by atoms with van der Waals surface area (Å²) in [7, 11) is 0. The summed E-state index contributed by atoms with van der Waals surface area (Å²) in [6.45, 7) is 12.5. The summed E-state index contributed by atoms with van der Waals surface area (Å²) in [6, 6.07) is 7.05. The highest BCUT2D eigenvalue weighted by molar-refractivity contribution is 5.87. The standard InChI is InChI=1S/C36H52O3/c1-24(2)9-8-10-25(3)30-16-17-31-29-15-14-27-23-28(19-21-35(27,4)32(29)20-22-36(30,31)5)39-34(38)18-13-26-11-6-7-12-33(26)37/h6-7,11-14,18,24-25,28-32,37H,8-10,15-17,19-23H2,1-5H3/b18-13+/t25-,28+,29-,30-,31+,32-,35+,36-/m1/s1. The van der Waals surface area contributed by atoms with Crippen molar-refractivity contribution in [1.82, 2.24) is 0 Å². The van der Waals surface area contributed by atoms with Crippen LogP contribution in [0.4, 0.5) is 0 Å². The fourth-order valence-electron chi connectivity index (χ4n) is 9.74. The van der Waals surface area contributed by atoms with Crippen LogP contribution in [0.5, 0.6) is 5.75 Å². The van der Waals surface area contributed by atoms with Gasteiger partial charge in [0.25, 0.3) is 0 Å². The maximum Gasteiger partial charge on any atom is 0.331 e. The molecule has 0 saturated heterocycles. The van der Waals surface area contributed by atoms with E-state index in [2.05, 4.69) is 40.7 Å². The molecule has 1 aromatic rings. The number of phenols is 1. The van der Waals surface area contributed by atoms with Crippen LogP contribution in [0, 0.1) is 46.3 Å². The second-order valence-electron chi connectivity index (χ2n) is 14.5. The van der Waals surface area contributed by atoms with Crippen LogP contribution in [0.25, 0.3) is 6.08 Å². The number of carbonyl (C=O) groups is 1. The van der Waals surface area contributed by atoms with E-state index in [9.17, 15) is 9.90 Å². The van der Waals surface area contributed by atoms with Gasteiger partial charge in [-0.25, -0.2) is 4.79 Å². The lowest BCUT2D eigenvalue weighted by Crippen LogP contribution is -2.51. The molecular weight excluding hydrogens is 480 g/mol. The number of ether oxygens (including phenoxy) is 1. The lowest BCUT2D eigenvalue weighted by Gasteiger charge is -2.58. The molecule has 1 aromatic carbocycles. The number of hydrogen-bond acceptors (Lipinski definition) is 3. The Morgan fingerprint density at radius 1 is 1.05 bits per heavy atom. The molecule has 0 radical (unpaired) electrons. The Morgan fingerprint density at radius 2 is 1.85 bits per heavy atom. The zero-order valence-corrected chi connectivity index (χ0v) is 25.1. The molecule has 0 spiro atoms. The predicted molar refractivity (Wildman–Crippen MR) is 160 cm³/mol. The number of hydrogen-bond donors (Lipinski definition) is 1. The number of para-hydroxylation sites is 1. The molecule has 4 aliphatic carbocycles. The van der Waals surface area contributed by atoms with Gasteiger partial charge in [0, 0.05) is 18.1 Å². The molecule has 0 amide bonds. The van der Waals surface area contributed by atoms with E-state index in [4.69, 9.17) is 4.74 Å². The topological polar surface area (TPSA) is 46.5 Å². The molecule has 5 rings (SSSR count). The van der Waals surface area contributed by atoms with Crippen molar-refractivity contribution in [3.63, 3.8) is 0 Å². The number of allylic oxidation sites excluding steroid dienone is 1. The molecule has 0 aromatic heterocycles. The van der Waals surface area contributed by atoms with Gasteiger partial charge in [-0.05, 0) is 103 Å². The predicted octanol–water partition coefficient (Wildman–Crippen LogP) is 9.36. The van der Waals surface area contributed by atoms with E-state index in [1.807, 2.05) is 6.07 Å². The van der Waals surface area contributed by atoms with Crippen molar-refractivity contribution >= 4 is 12.0 Å². The van der Waals surface area contributed by atoms with Crippen LogP contribution in [0.2, 0.25) is 0 Å². The summed E-state index contributed by atoms with van der Waals surface area (Å²) in [5, 5.41) is 9.95. The van der Waals surface area contributed by atoms with Crippen molar-refractivity contribution in [2.75, 3.05) is 0 Å². The van der Waals surface area contributed by atoms with E-state index in [1.165, 1.54) is 57.4 Å². The lowest BCUT2D eigenvalue weighted by molar-refractivity contribution is -0.145. The van der Waals surface area contributed by atoms with Crippen LogP contribution in [0.1, 0.15) is 111 Å². The fourth-order valence-corrected chi connectivity index (χ4v) is 9.74. The van der Waals surface area contributed by atoms with Gasteiger partial charge in [0.2, 0.25) is 0 Å². The Balaban J connectivity index is 1.22. The van der Waals surface area contributed by atoms with E-state index >= 15 is 0 Å². The molecule has 0 aliphatic heterocycles. The zero-order chi connectivity index (χ0) is 27.8. The van der Waals surface area contributed by atoms with Gasteiger partial charge >= 0.3 is 5.97 Å². The first kappa shape index (κ1) is 28.5. The first-order chi connectivity index (χ1) is 18.6. The molecule has 0 heterocycles. The van der Waals surface area contributed by atoms with Gasteiger partial charge in [-0.15, -0.1) is 0 Å². The van der Waals surface area contributed by atoms with Crippen LogP contribution >= 0.6 is 0 Å². The molecule has 0 bridgehead atoms. The summed E-state index contributed by atoms with van der Waals surface area (Å²) in [6.07, 6.45) is 19.6. The maximum absolute atomic E-state index is 12.6. The van der Waals surface area contributed by atoms with Crippen molar-refractivity contribution in [3.05, 3.63) is 47.6 Å². The molecule has 214 valence electrons. The number of esters is 1. The smallest absolute Gasteiger partial charge is 0.331 e. The summed E-state index contributed by atoms with van der Waals surface area (Å²) in [4.78, 5) is 12.6. The molecular formula is C36H52O3. The van der Waals surface area contributed by atoms with E-state index in [0.717, 1.165) is 54.8 Å². The first-order valence-corrected chi connectivity index (χ1v) is 16.0. The van der Waals surface area contributed by atoms with Gasteiger partial charge in [0.1, 0.15) is 11.9 Å². The Kier molecular flexibility index (Phi) is 8.37. The average Bonchev–Trinajstić information content (AvgIpc) is 3.25. The molecule has 3 fully saturated rings. The molecule has 0 unspecified atom stereocenters. The number of aromatic hydroxyl groups is 1. The normalized spacial score (nSPS) is 36.7. The van der Waals surface area contributed by atoms with Crippen molar-refractivity contribution < 1.29 is 14.6 Å². The number of benzene rings is 1. The minimum Gasteiger partial charge on any atom is -0.507 e. The van der Waals surface area contributed by atoms with E-state index in [0.29, 0.717) is 11.0 Å². The van der Waals surface area contributed by atoms with Gasteiger partial charge in [-0.3, -0.25) is 0 Å². The largest absolute Gasteiger partial charge is 0.507 e. The molecule has 3 heteroatoms. The molecule has 3 saturated carbocycles. The minimum atomic E-state index is -0.311. The monoisotopic (exact) mass is 532 g/mol. The SMILES string of the molecule is CC(C)CCC[C@@H](C)[C@H]1CC[C@H]2[C@H]3CC=C4C[C@@H](OC(=O)/C=C/c5ccccc5O)CC[C@]4(C)[C@@H]3CC[C@]12C. The molecule has 4 aliphatic rings. The Bertz CT molecular complexity index is 1080. The Morgan fingerprint density at radius 3 is 2.62 bits per heavy atom. The minimum absolute atomic E-state index is 0.0428. The van der Waals surface area contributed by atoms with Crippen molar-refractivity contribution in [3.8, 4) is 5.75 Å². The maximum atomic E-state index is 12.6. The van der Waals surface area contributed by atoms with Crippen LogP contribution < -0.4 is 0 Å².